The van der Waals surface area contributed by atoms with Crippen molar-refractivity contribution in [1.29, 1.82) is 5.26 Å². The van der Waals surface area contributed by atoms with Crippen molar-refractivity contribution in [1.82, 2.24) is 9.55 Å². The normalized spacial score (nSPS) is 11.1. The van der Waals surface area contributed by atoms with Crippen molar-refractivity contribution in [2.24, 2.45) is 0 Å². The van der Waals surface area contributed by atoms with E-state index in [4.69, 9.17) is 14.5 Å². The number of benzene rings is 2. The standard InChI is InChI=1S/C21H22IN3O2/c1-13(2)14-5-7-15(8-6-14)21-24-19-18(22)16(12-23)11-17(27-4)20(19)25(21)9-10-26-3/h5-8,11,13H,9-10H2,1-4H3. The number of ether oxygens (including phenoxy) is 2. The molecule has 3 aromatic rings. The van der Waals surface area contributed by atoms with Gasteiger partial charge in [-0.15, -0.1) is 0 Å². The number of rotatable bonds is 6. The topological polar surface area (TPSA) is 60.1 Å². The molecule has 0 spiro atoms. The predicted octanol–water partition coefficient (Wildman–Crippen LogP) is 4.96. The van der Waals surface area contributed by atoms with E-state index in [9.17, 15) is 5.26 Å². The lowest BCUT2D eigenvalue weighted by atomic mass is 10.0. The maximum absolute atomic E-state index is 9.45. The minimum absolute atomic E-state index is 0.477. The zero-order chi connectivity index (χ0) is 19.6. The van der Waals surface area contributed by atoms with E-state index in [0.717, 1.165) is 26.0 Å². The van der Waals surface area contributed by atoms with Crippen LogP contribution in [-0.4, -0.2) is 30.4 Å². The van der Waals surface area contributed by atoms with Crippen molar-refractivity contribution in [3.63, 3.8) is 0 Å². The SMILES string of the molecule is COCCn1c(-c2ccc(C(C)C)cc2)nc2c(I)c(C#N)cc(OC)c21. The molecule has 0 N–H and O–H groups in total. The van der Waals surface area contributed by atoms with E-state index in [-0.39, 0.29) is 0 Å². The van der Waals surface area contributed by atoms with Gasteiger partial charge in [0.15, 0.2) is 0 Å². The zero-order valence-corrected chi connectivity index (χ0v) is 18.1. The van der Waals surface area contributed by atoms with Gasteiger partial charge < -0.3 is 14.0 Å². The van der Waals surface area contributed by atoms with Gasteiger partial charge >= 0.3 is 0 Å². The highest BCUT2D eigenvalue weighted by Crippen LogP contribution is 2.36. The molecule has 3 rings (SSSR count). The lowest BCUT2D eigenvalue weighted by molar-refractivity contribution is 0.188. The van der Waals surface area contributed by atoms with Crippen LogP contribution in [0.3, 0.4) is 0 Å². The summed E-state index contributed by atoms with van der Waals surface area (Å²) >= 11 is 2.19. The van der Waals surface area contributed by atoms with Gasteiger partial charge in [-0.1, -0.05) is 38.1 Å². The summed E-state index contributed by atoms with van der Waals surface area (Å²) in [5.41, 5.74) is 4.56. The summed E-state index contributed by atoms with van der Waals surface area (Å²) in [6, 6.07) is 12.5. The molecule has 1 heterocycles. The van der Waals surface area contributed by atoms with Crippen LogP contribution >= 0.6 is 22.6 Å². The molecule has 0 aliphatic rings. The maximum atomic E-state index is 9.45. The van der Waals surface area contributed by atoms with Gasteiger partial charge in [-0.05, 0) is 34.1 Å². The highest BCUT2D eigenvalue weighted by atomic mass is 127. The summed E-state index contributed by atoms with van der Waals surface area (Å²) < 4.78 is 13.9. The van der Waals surface area contributed by atoms with Crippen LogP contribution in [0.4, 0.5) is 0 Å². The smallest absolute Gasteiger partial charge is 0.146 e. The number of nitriles is 1. The van der Waals surface area contributed by atoms with Crippen LogP contribution in [0.15, 0.2) is 30.3 Å². The average molecular weight is 475 g/mol. The minimum atomic E-state index is 0.477. The molecule has 5 nitrogen and oxygen atoms in total. The fraction of sp³-hybridized carbons (Fsp3) is 0.333. The predicted molar refractivity (Wildman–Crippen MR) is 115 cm³/mol. The van der Waals surface area contributed by atoms with Gasteiger partial charge in [0, 0.05) is 25.3 Å². The molecule has 0 saturated carbocycles. The molecule has 0 saturated heterocycles. The minimum Gasteiger partial charge on any atom is -0.494 e. The van der Waals surface area contributed by atoms with Crippen LogP contribution in [0.2, 0.25) is 0 Å². The Morgan fingerprint density at radius 3 is 2.48 bits per heavy atom. The van der Waals surface area contributed by atoms with E-state index in [2.05, 4.69) is 71.3 Å². The number of fused-ring (bicyclic) bond motifs is 1. The fourth-order valence-corrected chi connectivity index (χ4v) is 3.77. The molecular formula is C21H22IN3O2. The highest BCUT2D eigenvalue weighted by Gasteiger charge is 2.21. The molecule has 0 amide bonds. The molecule has 0 atom stereocenters. The summed E-state index contributed by atoms with van der Waals surface area (Å²) in [5.74, 6) is 1.98. The highest BCUT2D eigenvalue weighted by molar-refractivity contribution is 14.1. The lowest BCUT2D eigenvalue weighted by Gasteiger charge is -2.12. The molecule has 0 unspecified atom stereocenters. The third-order valence-corrected chi connectivity index (χ3v) is 5.71. The first kappa shape index (κ1) is 19.6. The van der Waals surface area contributed by atoms with E-state index in [1.807, 2.05) is 0 Å². The molecular weight excluding hydrogens is 453 g/mol. The maximum Gasteiger partial charge on any atom is 0.146 e. The first-order chi connectivity index (χ1) is 13.0. The van der Waals surface area contributed by atoms with Crippen molar-refractivity contribution in [2.45, 2.75) is 26.3 Å². The first-order valence-electron chi connectivity index (χ1n) is 8.77. The third kappa shape index (κ3) is 3.66. The molecule has 0 bridgehead atoms. The summed E-state index contributed by atoms with van der Waals surface area (Å²) in [4.78, 5) is 4.90. The van der Waals surface area contributed by atoms with Crippen LogP contribution in [0.5, 0.6) is 5.75 Å². The Morgan fingerprint density at radius 2 is 1.93 bits per heavy atom. The van der Waals surface area contributed by atoms with Crippen LogP contribution in [0.25, 0.3) is 22.4 Å². The molecule has 0 radical (unpaired) electrons. The van der Waals surface area contributed by atoms with Crippen LogP contribution in [0, 0.1) is 14.9 Å². The monoisotopic (exact) mass is 475 g/mol. The Hall–Kier alpha value is -2.11. The average Bonchev–Trinajstić information content (AvgIpc) is 3.07. The molecule has 140 valence electrons. The van der Waals surface area contributed by atoms with Crippen molar-refractivity contribution in [3.8, 4) is 23.2 Å². The molecule has 2 aromatic carbocycles. The van der Waals surface area contributed by atoms with Gasteiger partial charge in [0.2, 0.25) is 0 Å². The van der Waals surface area contributed by atoms with Crippen molar-refractivity contribution >= 4 is 33.6 Å². The molecule has 1 aromatic heterocycles. The third-order valence-electron chi connectivity index (χ3n) is 4.62. The van der Waals surface area contributed by atoms with Gasteiger partial charge in [0.25, 0.3) is 0 Å². The number of aromatic nitrogens is 2. The van der Waals surface area contributed by atoms with E-state index < -0.39 is 0 Å². The van der Waals surface area contributed by atoms with E-state index >= 15 is 0 Å². The van der Waals surface area contributed by atoms with Crippen molar-refractivity contribution < 1.29 is 9.47 Å². The Balaban J connectivity index is 2.28. The number of hydrogen-bond donors (Lipinski definition) is 0. The van der Waals surface area contributed by atoms with Crippen molar-refractivity contribution in [3.05, 3.63) is 45.0 Å². The number of methoxy groups -OCH3 is 2. The largest absolute Gasteiger partial charge is 0.494 e. The Labute approximate surface area is 173 Å². The first-order valence-corrected chi connectivity index (χ1v) is 9.85. The molecule has 6 heteroatoms. The summed E-state index contributed by atoms with van der Waals surface area (Å²) in [6.07, 6.45) is 0. The Morgan fingerprint density at radius 1 is 1.22 bits per heavy atom. The second-order valence-electron chi connectivity index (χ2n) is 6.61. The van der Waals surface area contributed by atoms with Gasteiger partial charge in [0.1, 0.15) is 28.7 Å². The van der Waals surface area contributed by atoms with Gasteiger partial charge in [-0.2, -0.15) is 5.26 Å². The Bertz CT molecular complexity index is 1000. The van der Waals surface area contributed by atoms with Gasteiger partial charge in [-0.3, -0.25) is 0 Å². The summed E-state index contributed by atoms with van der Waals surface area (Å²) in [6.45, 7) is 5.56. The van der Waals surface area contributed by atoms with Crippen LogP contribution < -0.4 is 4.74 Å². The quantitative estimate of drug-likeness (QED) is 0.473. The van der Waals surface area contributed by atoms with E-state index in [1.165, 1.54) is 5.56 Å². The van der Waals surface area contributed by atoms with Gasteiger partial charge in [-0.25, -0.2) is 4.98 Å². The fourth-order valence-electron chi connectivity index (χ4n) is 3.12. The molecule has 0 aliphatic heterocycles. The van der Waals surface area contributed by atoms with E-state index in [0.29, 0.717) is 30.4 Å². The molecule has 0 aliphatic carbocycles. The lowest BCUT2D eigenvalue weighted by Crippen LogP contribution is -2.07. The second kappa shape index (κ2) is 8.28. The second-order valence-corrected chi connectivity index (χ2v) is 7.68. The van der Waals surface area contributed by atoms with Crippen molar-refractivity contribution in [2.75, 3.05) is 20.8 Å². The Kier molecular flexibility index (Phi) is 6.02. The molecule has 27 heavy (non-hydrogen) atoms. The summed E-state index contributed by atoms with van der Waals surface area (Å²) in [5, 5.41) is 9.45. The number of hydrogen-bond acceptors (Lipinski definition) is 4. The number of halogens is 1. The van der Waals surface area contributed by atoms with Crippen LogP contribution in [-0.2, 0) is 11.3 Å². The number of imidazole rings is 1. The van der Waals surface area contributed by atoms with Gasteiger partial charge in [0.05, 0.1) is 22.9 Å². The van der Waals surface area contributed by atoms with Crippen LogP contribution in [0.1, 0.15) is 30.9 Å². The number of nitrogens with zero attached hydrogens (tertiary/aromatic N) is 3. The van der Waals surface area contributed by atoms with E-state index in [1.54, 1.807) is 20.3 Å². The molecule has 0 fully saturated rings. The summed E-state index contributed by atoms with van der Waals surface area (Å²) in [7, 11) is 3.30. The zero-order valence-electron chi connectivity index (χ0n) is 15.9.